The summed E-state index contributed by atoms with van der Waals surface area (Å²) in [6, 6.07) is 2.00. The summed E-state index contributed by atoms with van der Waals surface area (Å²) in [7, 11) is 1.63. The van der Waals surface area contributed by atoms with Crippen LogP contribution in [-0.4, -0.2) is 17.3 Å². The lowest BCUT2D eigenvalue weighted by Crippen LogP contribution is -2.10. The lowest BCUT2D eigenvalue weighted by atomic mass is 10.5. The first-order valence-electron chi connectivity index (χ1n) is 2.81. The quantitative estimate of drug-likeness (QED) is 0.776. The molecule has 0 amide bonds. The Hall–Kier alpha value is 0.1000. The molecule has 0 aliphatic carbocycles. The van der Waals surface area contributed by atoms with E-state index >= 15 is 0 Å². The third-order valence-electron chi connectivity index (χ3n) is 1.01. The summed E-state index contributed by atoms with van der Waals surface area (Å²) in [6.45, 7) is 0.594. The van der Waals surface area contributed by atoms with Crippen LogP contribution in [0.2, 0.25) is 0 Å². The highest BCUT2D eigenvalue weighted by Crippen LogP contribution is 2.20. The molecule has 1 heterocycles. The molecule has 2 nitrogen and oxygen atoms in total. The Morgan fingerprint density at radius 1 is 1.80 bits per heavy atom. The molecule has 0 atom stereocenters. The average molecular weight is 222 g/mol. The van der Waals surface area contributed by atoms with Crippen LogP contribution in [0.1, 0.15) is 4.88 Å². The lowest BCUT2D eigenvalue weighted by Gasteiger charge is -2.03. The van der Waals surface area contributed by atoms with Crippen molar-refractivity contribution in [2.75, 3.05) is 7.05 Å². The molecule has 56 valence electrons. The number of nitrogens with zero attached hydrogens (tertiary/aromatic N) is 1. The number of hydrogen-bond donors (Lipinski definition) is 1. The Bertz CT molecular complexity index is 211. The molecule has 1 aromatic rings. The predicted octanol–water partition coefficient (Wildman–Crippen LogP) is 2.33. The van der Waals surface area contributed by atoms with Crippen molar-refractivity contribution < 1.29 is 5.21 Å². The highest BCUT2D eigenvalue weighted by molar-refractivity contribution is 9.10. The minimum Gasteiger partial charge on any atom is -0.314 e. The van der Waals surface area contributed by atoms with Gasteiger partial charge in [0.25, 0.3) is 0 Å². The van der Waals surface area contributed by atoms with E-state index in [9.17, 15) is 0 Å². The van der Waals surface area contributed by atoms with E-state index in [1.54, 1.807) is 18.4 Å². The molecule has 1 rings (SSSR count). The molecule has 0 radical (unpaired) electrons. The van der Waals surface area contributed by atoms with E-state index in [1.165, 1.54) is 0 Å². The number of halogens is 1. The maximum Gasteiger partial charge on any atom is 0.0579 e. The smallest absolute Gasteiger partial charge is 0.0579 e. The largest absolute Gasteiger partial charge is 0.314 e. The topological polar surface area (TPSA) is 23.5 Å². The van der Waals surface area contributed by atoms with Gasteiger partial charge in [0.15, 0.2) is 0 Å². The Kier molecular flexibility index (Phi) is 2.85. The molecular weight excluding hydrogens is 214 g/mol. The number of rotatable bonds is 2. The van der Waals surface area contributed by atoms with Crippen LogP contribution in [0.15, 0.2) is 15.9 Å². The summed E-state index contributed by atoms with van der Waals surface area (Å²) in [5.74, 6) is 0. The summed E-state index contributed by atoms with van der Waals surface area (Å²) in [5, 5.41) is 12.0. The van der Waals surface area contributed by atoms with Crippen molar-refractivity contribution in [1.82, 2.24) is 5.06 Å². The van der Waals surface area contributed by atoms with Gasteiger partial charge in [0.1, 0.15) is 0 Å². The standard InChI is InChI=1S/C6H8BrNOS/c1-8(9)3-6-2-5(7)4-10-6/h2,4,9H,3H2,1H3. The van der Waals surface area contributed by atoms with Gasteiger partial charge >= 0.3 is 0 Å². The van der Waals surface area contributed by atoms with Gasteiger partial charge in [-0.3, -0.25) is 0 Å². The molecule has 0 bridgehead atoms. The van der Waals surface area contributed by atoms with E-state index in [2.05, 4.69) is 15.9 Å². The molecule has 0 aliphatic rings. The Morgan fingerprint density at radius 2 is 2.50 bits per heavy atom. The summed E-state index contributed by atoms with van der Waals surface area (Å²) in [5.41, 5.74) is 0. The van der Waals surface area contributed by atoms with Crippen LogP contribution in [0.4, 0.5) is 0 Å². The molecule has 0 aromatic carbocycles. The summed E-state index contributed by atoms with van der Waals surface area (Å²) in [6.07, 6.45) is 0. The first-order chi connectivity index (χ1) is 4.68. The van der Waals surface area contributed by atoms with E-state index in [0.717, 1.165) is 14.4 Å². The minimum atomic E-state index is 0.594. The Labute approximate surface area is 72.2 Å². The number of hydroxylamine groups is 2. The van der Waals surface area contributed by atoms with Gasteiger partial charge in [0, 0.05) is 21.8 Å². The van der Waals surface area contributed by atoms with Crippen molar-refractivity contribution in [3.63, 3.8) is 0 Å². The number of thiophene rings is 1. The van der Waals surface area contributed by atoms with E-state index in [0.29, 0.717) is 6.54 Å². The van der Waals surface area contributed by atoms with Crippen LogP contribution in [0.25, 0.3) is 0 Å². The fraction of sp³-hybridized carbons (Fsp3) is 0.333. The van der Waals surface area contributed by atoms with E-state index in [-0.39, 0.29) is 0 Å². The SMILES string of the molecule is CN(O)Cc1cc(Br)cs1. The summed E-state index contributed by atoms with van der Waals surface area (Å²) < 4.78 is 1.08. The van der Waals surface area contributed by atoms with Crippen LogP contribution in [-0.2, 0) is 6.54 Å². The summed E-state index contributed by atoms with van der Waals surface area (Å²) >= 11 is 4.96. The fourth-order valence-electron chi connectivity index (χ4n) is 0.662. The maximum absolute atomic E-state index is 8.84. The predicted molar refractivity (Wildman–Crippen MR) is 45.3 cm³/mol. The second-order valence-electron chi connectivity index (χ2n) is 2.05. The molecule has 0 saturated carbocycles. The van der Waals surface area contributed by atoms with E-state index in [4.69, 9.17) is 5.21 Å². The van der Waals surface area contributed by atoms with Crippen LogP contribution in [0.3, 0.4) is 0 Å². The molecule has 0 saturated heterocycles. The highest BCUT2D eigenvalue weighted by Gasteiger charge is 1.98. The van der Waals surface area contributed by atoms with Crippen molar-refractivity contribution in [1.29, 1.82) is 0 Å². The molecule has 0 fully saturated rings. The molecule has 0 unspecified atom stereocenters. The third kappa shape index (κ3) is 2.38. The van der Waals surface area contributed by atoms with Gasteiger partial charge in [-0.1, -0.05) is 0 Å². The molecule has 0 spiro atoms. The van der Waals surface area contributed by atoms with Crippen molar-refractivity contribution in [2.24, 2.45) is 0 Å². The third-order valence-corrected chi connectivity index (χ3v) is 2.69. The Balaban J connectivity index is 2.58. The van der Waals surface area contributed by atoms with Crippen molar-refractivity contribution in [3.05, 3.63) is 20.8 Å². The molecule has 10 heavy (non-hydrogen) atoms. The zero-order chi connectivity index (χ0) is 7.56. The van der Waals surface area contributed by atoms with Gasteiger partial charge in [-0.05, 0) is 22.0 Å². The van der Waals surface area contributed by atoms with E-state index < -0.39 is 0 Å². The van der Waals surface area contributed by atoms with Crippen molar-refractivity contribution >= 4 is 27.3 Å². The van der Waals surface area contributed by atoms with Gasteiger partial charge < -0.3 is 5.21 Å². The summed E-state index contributed by atoms with van der Waals surface area (Å²) in [4.78, 5) is 1.15. The Morgan fingerprint density at radius 3 is 2.90 bits per heavy atom. The lowest BCUT2D eigenvalue weighted by molar-refractivity contribution is -0.0723. The highest BCUT2D eigenvalue weighted by atomic mass is 79.9. The monoisotopic (exact) mass is 221 g/mol. The van der Waals surface area contributed by atoms with Crippen LogP contribution >= 0.6 is 27.3 Å². The fourth-order valence-corrected chi connectivity index (χ4v) is 2.16. The first kappa shape index (κ1) is 8.20. The average Bonchev–Trinajstić information content (AvgIpc) is 2.13. The second-order valence-corrected chi connectivity index (χ2v) is 3.96. The van der Waals surface area contributed by atoms with Crippen molar-refractivity contribution in [2.45, 2.75) is 6.54 Å². The minimum absolute atomic E-state index is 0.594. The molecule has 0 aliphatic heterocycles. The van der Waals surface area contributed by atoms with Gasteiger partial charge in [-0.25, -0.2) is 0 Å². The normalized spacial score (nSPS) is 10.8. The van der Waals surface area contributed by atoms with Crippen molar-refractivity contribution in [3.8, 4) is 0 Å². The first-order valence-corrected chi connectivity index (χ1v) is 4.48. The molecular formula is C6H8BrNOS. The second kappa shape index (κ2) is 3.48. The van der Waals surface area contributed by atoms with Crippen LogP contribution in [0.5, 0.6) is 0 Å². The molecule has 1 aromatic heterocycles. The maximum atomic E-state index is 8.84. The van der Waals surface area contributed by atoms with Crippen LogP contribution < -0.4 is 0 Å². The van der Waals surface area contributed by atoms with Gasteiger partial charge in [-0.15, -0.1) is 11.3 Å². The molecule has 4 heteroatoms. The molecule has 1 N–H and O–H groups in total. The van der Waals surface area contributed by atoms with Crippen LogP contribution in [0, 0.1) is 0 Å². The zero-order valence-electron chi connectivity index (χ0n) is 5.54. The zero-order valence-corrected chi connectivity index (χ0v) is 7.94. The van der Waals surface area contributed by atoms with Gasteiger partial charge in [0.05, 0.1) is 6.54 Å². The van der Waals surface area contributed by atoms with Gasteiger partial charge in [0.2, 0.25) is 0 Å². The van der Waals surface area contributed by atoms with E-state index in [1.807, 2.05) is 11.4 Å². The number of hydrogen-bond acceptors (Lipinski definition) is 3. The van der Waals surface area contributed by atoms with Gasteiger partial charge in [-0.2, -0.15) is 5.06 Å².